The third-order valence-electron chi connectivity index (χ3n) is 4.02. The van der Waals surface area contributed by atoms with E-state index in [1.807, 2.05) is 0 Å². The van der Waals surface area contributed by atoms with Crippen LogP contribution in [0.15, 0.2) is 66.9 Å². The van der Waals surface area contributed by atoms with Crippen LogP contribution in [-0.2, 0) is 15.8 Å². The minimum absolute atomic E-state index is 0.00332. The summed E-state index contributed by atoms with van der Waals surface area (Å²) in [6.45, 7) is 3.61. The maximum Gasteiger partial charge on any atom is 0.416 e. The Hall–Kier alpha value is -3.62. The number of hydrogen-bond donors (Lipinski definition) is 2. The first-order valence-corrected chi connectivity index (χ1v) is 8.05. The van der Waals surface area contributed by atoms with Crippen molar-refractivity contribution in [2.45, 2.75) is 6.18 Å². The number of carbonyl (C=O) groups is 3. The van der Waals surface area contributed by atoms with Crippen molar-refractivity contribution >= 4 is 29.2 Å². The Morgan fingerprint density at radius 2 is 1.71 bits per heavy atom. The molecular weight excluding hydrogens is 375 g/mol. The van der Waals surface area contributed by atoms with Crippen LogP contribution >= 0.6 is 0 Å². The van der Waals surface area contributed by atoms with E-state index < -0.39 is 35.5 Å². The number of barbiturate groups is 1. The van der Waals surface area contributed by atoms with E-state index in [1.165, 1.54) is 24.3 Å². The number of anilines is 2. The van der Waals surface area contributed by atoms with Crippen LogP contribution in [0.2, 0.25) is 0 Å². The van der Waals surface area contributed by atoms with Gasteiger partial charge in [-0.1, -0.05) is 30.8 Å². The summed E-state index contributed by atoms with van der Waals surface area (Å²) < 4.78 is 38.6. The minimum Gasteiger partial charge on any atom is -0.358 e. The van der Waals surface area contributed by atoms with E-state index in [-0.39, 0.29) is 17.1 Å². The average molecular weight is 389 g/mol. The predicted octanol–water partition coefficient (Wildman–Crippen LogP) is 3.53. The molecule has 0 unspecified atom stereocenters. The van der Waals surface area contributed by atoms with Crippen molar-refractivity contribution < 1.29 is 27.6 Å². The van der Waals surface area contributed by atoms with Crippen LogP contribution in [0.1, 0.15) is 5.56 Å². The normalized spacial score (nSPS) is 17.3. The van der Waals surface area contributed by atoms with Gasteiger partial charge in [-0.15, -0.1) is 0 Å². The zero-order valence-corrected chi connectivity index (χ0v) is 14.3. The van der Waals surface area contributed by atoms with E-state index in [9.17, 15) is 27.6 Å². The van der Waals surface area contributed by atoms with Crippen molar-refractivity contribution in [2.24, 2.45) is 5.92 Å². The van der Waals surface area contributed by atoms with Gasteiger partial charge in [0.25, 0.3) is 5.91 Å². The van der Waals surface area contributed by atoms with Gasteiger partial charge in [0.1, 0.15) is 0 Å². The quantitative estimate of drug-likeness (QED) is 0.785. The van der Waals surface area contributed by atoms with Gasteiger partial charge in [-0.2, -0.15) is 13.2 Å². The van der Waals surface area contributed by atoms with Crippen LogP contribution in [0, 0.1) is 5.92 Å². The van der Waals surface area contributed by atoms with Crippen molar-refractivity contribution in [1.82, 2.24) is 5.32 Å². The standard InChI is InChI=1S/C19H14F3N3O3/c1-11(23-13-7-5-6-12(10-13)19(20,21)22)15-16(26)24-18(28)25(17(15)27)14-8-3-2-4-9-14/h2-10,15,23H,1H2,(H,24,26,28)/t15-/m1/s1. The highest BCUT2D eigenvalue weighted by molar-refractivity contribution is 6.28. The van der Waals surface area contributed by atoms with Crippen LogP contribution in [0.3, 0.4) is 0 Å². The number of rotatable bonds is 4. The lowest BCUT2D eigenvalue weighted by molar-refractivity contribution is -0.137. The summed E-state index contributed by atoms with van der Waals surface area (Å²) >= 11 is 0. The molecule has 1 saturated heterocycles. The molecule has 0 bridgehead atoms. The molecular formula is C19H14F3N3O3. The first-order valence-electron chi connectivity index (χ1n) is 8.05. The monoisotopic (exact) mass is 389 g/mol. The molecule has 2 aromatic carbocycles. The molecule has 28 heavy (non-hydrogen) atoms. The number of carbonyl (C=O) groups excluding carboxylic acids is 3. The number of hydrogen-bond acceptors (Lipinski definition) is 4. The Labute approximate surface area is 157 Å². The van der Waals surface area contributed by atoms with Crippen molar-refractivity contribution in [1.29, 1.82) is 0 Å². The summed E-state index contributed by atoms with van der Waals surface area (Å²) in [4.78, 5) is 37.8. The third kappa shape index (κ3) is 3.73. The molecule has 6 nitrogen and oxygen atoms in total. The van der Waals surface area contributed by atoms with Crippen molar-refractivity contribution in [3.05, 3.63) is 72.4 Å². The molecule has 1 atom stereocenters. The molecule has 0 spiro atoms. The maximum absolute atomic E-state index is 12.9. The molecule has 2 aromatic rings. The predicted molar refractivity (Wildman–Crippen MR) is 95.2 cm³/mol. The highest BCUT2D eigenvalue weighted by Crippen LogP contribution is 2.31. The average Bonchev–Trinajstić information content (AvgIpc) is 2.61. The number of halogens is 3. The van der Waals surface area contributed by atoms with Gasteiger partial charge in [-0.3, -0.25) is 14.9 Å². The van der Waals surface area contributed by atoms with E-state index in [0.29, 0.717) is 0 Å². The van der Waals surface area contributed by atoms with E-state index in [2.05, 4.69) is 17.2 Å². The number of para-hydroxylation sites is 1. The Morgan fingerprint density at radius 3 is 2.36 bits per heavy atom. The first-order chi connectivity index (χ1) is 13.2. The molecule has 0 saturated carbocycles. The summed E-state index contributed by atoms with van der Waals surface area (Å²) in [6, 6.07) is 11.2. The molecule has 1 aliphatic heterocycles. The lowest BCUT2D eigenvalue weighted by Gasteiger charge is -2.31. The topological polar surface area (TPSA) is 78.5 Å². The number of alkyl halides is 3. The summed E-state index contributed by atoms with van der Waals surface area (Å²) in [7, 11) is 0. The molecule has 4 amide bonds. The van der Waals surface area contributed by atoms with Crippen LogP contribution in [0.5, 0.6) is 0 Å². The van der Waals surface area contributed by atoms with Gasteiger partial charge in [0.2, 0.25) is 5.91 Å². The van der Waals surface area contributed by atoms with Gasteiger partial charge in [-0.25, -0.2) is 9.69 Å². The molecule has 2 N–H and O–H groups in total. The maximum atomic E-state index is 12.9. The van der Waals surface area contributed by atoms with Gasteiger partial charge >= 0.3 is 12.2 Å². The van der Waals surface area contributed by atoms with Crippen LogP contribution in [0.25, 0.3) is 0 Å². The second-order valence-corrected chi connectivity index (χ2v) is 5.97. The summed E-state index contributed by atoms with van der Waals surface area (Å²) in [5.74, 6) is -3.26. The Morgan fingerprint density at radius 1 is 1.04 bits per heavy atom. The molecule has 1 aliphatic rings. The zero-order valence-electron chi connectivity index (χ0n) is 14.3. The van der Waals surface area contributed by atoms with Crippen LogP contribution in [-0.4, -0.2) is 17.8 Å². The van der Waals surface area contributed by atoms with E-state index in [0.717, 1.165) is 17.0 Å². The molecule has 1 fully saturated rings. The van der Waals surface area contributed by atoms with E-state index in [4.69, 9.17) is 0 Å². The minimum atomic E-state index is -4.55. The fourth-order valence-electron chi connectivity index (χ4n) is 2.73. The Balaban J connectivity index is 1.85. The number of imide groups is 2. The van der Waals surface area contributed by atoms with Gasteiger partial charge in [-0.05, 0) is 30.3 Å². The number of benzene rings is 2. The summed E-state index contributed by atoms with van der Waals surface area (Å²) in [6.07, 6.45) is -4.55. The van der Waals surface area contributed by atoms with E-state index in [1.54, 1.807) is 18.2 Å². The van der Waals surface area contributed by atoms with Crippen molar-refractivity contribution in [2.75, 3.05) is 10.2 Å². The second-order valence-electron chi connectivity index (χ2n) is 5.97. The second kappa shape index (κ2) is 7.18. The molecule has 9 heteroatoms. The van der Waals surface area contributed by atoms with Gasteiger partial charge < -0.3 is 5.32 Å². The smallest absolute Gasteiger partial charge is 0.358 e. The van der Waals surface area contributed by atoms with Gasteiger partial charge in [0, 0.05) is 11.4 Å². The summed E-state index contributed by atoms with van der Waals surface area (Å²) in [5.41, 5.74) is -0.806. The van der Waals surface area contributed by atoms with E-state index >= 15 is 0 Å². The molecule has 1 heterocycles. The van der Waals surface area contributed by atoms with Gasteiger partial charge in [0.15, 0.2) is 5.92 Å². The molecule has 144 valence electrons. The highest BCUT2D eigenvalue weighted by Gasteiger charge is 2.43. The SMILES string of the molecule is C=C(Nc1cccc(C(F)(F)F)c1)[C@@H]1C(=O)NC(=O)N(c2ccccc2)C1=O. The fourth-order valence-corrected chi connectivity index (χ4v) is 2.73. The first kappa shape index (κ1) is 19.2. The largest absolute Gasteiger partial charge is 0.416 e. The zero-order chi connectivity index (χ0) is 20.5. The molecule has 0 aromatic heterocycles. The third-order valence-corrected chi connectivity index (χ3v) is 4.02. The van der Waals surface area contributed by atoms with Crippen molar-refractivity contribution in [3.8, 4) is 0 Å². The van der Waals surface area contributed by atoms with Crippen LogP contribution < -0.4 is 15.5 Å². The number of nitrogens with zero attached hydrogens (tertiary/aromatic N) is 1. The number of amides is 4. The molecule has 0 aliphatic carbocycles. The molecule has 0 radical (unpaired) electrons. The number of nitrogens with one attached hydrogen (secondary N) is 2. The van der Waals surface area contributed by atoms with Gasteiger partial charge in [0.05, 0.1) is 11.3 Å². The molecule has 3 rings (SSSR count). The van der Waals surface area contributed by atoms with Crippen molar-refractivity contribution in [3.63, 3.8) is 0 Å². The fraction of sp³-hybridized carbons (Fsp3) is 0.105. The Kier molecular flexibility index (Phi) is 4.91. The lowest BCUT2D eigenvalue weighted by atomic mass is 10.0. The lowest BCUT2D eigenvalue weighted by Crippen LogP contribution is -2.59. The van der Waals surface area contributed by atoms with Crippen LogP contribution in [0.4, 0.5) is 29.3 Å². The summed E-state index contributed by atoms with van der Waals surface area (Å²) in [5, 5.41) is 4.61. The Bertz CT molecular complexity index is 958. The number of urea groups is 1. The highest BCUT2D eigenvalue weighted by atomic mass is 19.4.